The SMILES string of the molecule is C#CC(CCC)(CCC)N1CCC(OC(=O)OCCCC#CC)N(c2nnc(SCC)s2)C1=O. The molecular formula is C24H34N4O4S2. The minimum absolute atomic E-state index is 0.198. The van der Waals surface area contributed by atoms with Gasteiger partial charge in [-0.2, -0.15) is 0 Å². The Balaban J connectivity index is 2.27. The summed E-state index contributed by atoms with van der Waals surface area (Å²) in [5, 5.41) is 8.78. The molecule has 186 valence electrons. The summed E-state index contributed by atoms with van der Waals surface area (Å²) >= 11 is 2.83. The maximum atomic E-state index is 13.8. The van der Waals surface area contributed by atoms with E-state index in [0.29, 0.717) is 43.8 Å². The van der Waals surface area contributed by atoms with Crippen LogP contribution < -0.4 is 4.90 Å². The van der Waals surface area contributed by atoms with Crippen LogP contribution in [0.5, 0.6) is 0 Å². The van der Waals surface area contributed by atoms with Crippen LogP contribution in [0.4, 0.5) is 14.7 Å². The molecule has 1 aromatic heterocycles. The fourth-order valence-electron chi connectivity index (χ4n) is 3.94. The minimum Gasteiger partial charge on any atom is -0.434 e. The minimum atomic E-state index is -0.849. The van der Waals surface area contributed by atoms with Gasteiger partial charge in [0.1, 0.15) is 5.54 Å². The molecule has 0 bridgehead atoms. The molecule has 10 heteroatoms. The Morgan fingerprint density at radius 2 is 2.03 bits per heavy atom. The van der Waals surface area contributed by atoms with Gasteiger partial charge in [0.25, 0.3) is 0 Å². The number of anilines is 1. The zero-order valence-electron chi connectivity index (χ0n) is 20.5. The van der Waals surface area contributed by atoms with E-state index in [2.05, 4.69) is 41.8 Å². The van der Waals surface area contributed by atoms with Gasteiger partial charge < -0.3 is 14.4 Å². The lowest BCUT2D eigenvalue weighted by Crippen LogP contribution is -2.63. The summed E-state index contributed by atoms with van der Waals surface area (Å²) in [5.74, 6) is 9.47. The van der Waals surface area contributed by atoms with Gasteiger partial charge in [-0.1, -0.05) is 62.6 Å². The highest BCUT2D eigenvalue weighted by molar-refractivity contribution is 8.01. The quantitative estimate of drug-likeness (QED) is 0.121. The van der Waals surface area contributed by atoms with Crippen molar-refractivity contribution in [3.8, 4) is 24.2 Å². The van der Waals surface area contributed by atoms with Crippen LogP contribution in [0, 0.1) is 24.2 Å². The summed E-state index contributed by atoms with van der Waals surface area (Å²) in [7, 11) is 0. The highest BCUT2D eigenvalue weighted by Crippen LogP contribution is 2.36. The molecule has 1 saturated heterocycles. The number of hydrogen-bond acceptors (Lipinski definition) is 8. The Labute approximate surface area is 211 Å². The van der Waals surface area contributed by atoms with Gasteiger partial charge in [-0.15, -0.1) is 28.5 Å². The molecule has 2 heterocycles. The average molecular weight is 507 g/mol. The van der Waals surface area contributed by atoms with Gasteiger partial charge in [-0.3, -0.25) is 0 Å². The van der Waals surface area contributed by atoms with Crippen LogP contribution in [0.15, 0.2) is 4.34 Å². The molecule has 1 unspecified atom stereocenters. The topological polar surface area (TPSA) is 84.9 Å². The van der Waals surface area contributed by atoms with Gasteiger partial charge in [-0.05, 0) is 31.9 Å². The van der Waals surface area contributed by atoms with Crippen molar-refractivity contribution < 1.29 is 19.1 Å². The van der Waals surface area contributed by atoms with Crippen LogP contribution in [0.1, 0.15) is 72.6 Å². The van der Waals surface area contributed by atoms with Crippen molar-refractivity contribution in [2.24, 2.45) is 0 Å². The fourth-order valence-corrected chi connectivity index (χ4v) is 5.72. The molecule has 34 heavy (non-hydrogen) atoms. The number of unbranched alkanes of at least 4 members (excludes halogenated alkanes) is 1. The summed E-state index contributed by atoms with van der Waals surface area (Å²) in [6.07, 6.45) is 9.04. The molecule has 1 aliphatic heterocycles. The van der Waals surface area contributed by atoms with Crippen LogP contribution in [0.2, 0.25) is 0 Å². The van der Waals surface area contributed by atoms with Crippen LogP contribution in [-0.4, -0.2) is 58.0 Å². The lowest BCUT2D eigenvalue weighted by Gasteiger charge is -2.47. The standard InChI is InChI=1S/C24H34N4O4S2/c1-6-11-12-13-18-31-23(30)32-19-14-17-27(24(9-4,15-7-2)16-8-3)22(29)28(19)20-25-26-21(34-20)33-10-5/h4,19H,7-8,10,12-18H2,1-3,5H3. The van der Waals surface area contributed by atoms with E-state index in [1.165, 1.54) is 28.0 Å². The molecule has 0 aromatic carbocycles. The first-order valence-electron chi connectivity index (χ1n) is 11.7. The summed E-state index contributed by atoms with van der Waals surface area (Å²) in [4.78, 5) is 29.3. The Kier molecular flexibility index (Phi) is 11.5. The predicted octanol–water partition coefficient (Wildman–Crippen LogP) is 5.54. The molecule has 1 aromatic rings. The van der Waals surface area contributed by atoms with E-state index in [4.69, 9.17) is 15.9 Å². The molecule has 0 N–H and O–H groups in total. The first kappa shape index (κ1) is 27.8. The van der Waals surface area contributed by atoms with Gasteiger partial charge in [-0.25, -0.2) is 14.5 Å². The number of thioether (sulfide) groups is 1. The zero-order valence-corrected chi connectivity index (χ0v) is 22.1. The van der Waals surface area contributed by atoms with E-state index >= 15 is 0 Å². The largest absolute Gasteiger partial charge is 0.510 e. The second-order valence-corrected chi connectivity index (χ2v) is 10.2. The molecule has 8 nitrogen and oxygen atoms in total. The van der Waals surface area contributed by atoms with Crippen molar-refractivity contribution in [2.45, 2.75) is 88.7 Å². The molecule has 2 amide bonds. The number of ether oxygens (including phenoxy) is 2. The molecule has 1 fully saturated rings. The van der Waals surface area contributed by atoms with Crippen LogP contribution >= 0.6 is 23.1 Å². The smallest absolute Gasteiger partial charge is 0.434 e. The Bertz CT molecular complexity index is 912. The fraction of sp³-hybridized carbons (Fsp3) is 0.667. The van der Waals surface area contributed by atoms with Crippen LogP contribution in [0.3, 0.4) is 0 Å². The maximum absolute atomic E-state index is 13.8. The van der Waals surface area contributed by atoms with Crippen LogP contribution in [-0.2, 0) is 9.47 Å². The number of carbonyl (C=O) groups excluding carboxylic acids is 2. The molecule has 1 aliphatic rings. The molecule has 1 atom stereocenters. The average Bonchev–Trinajstić information content (AvgIpc) is 3.27. The van der Waals surface area contributed by atoms with E-state index in [1.54, 1.807) is 11.8 Å². The highest BCUT2D eigenvalue weighted by Gasteiger charge is 2.46. The normalized spacial score (nSPS) is 16.0. The van der Waals surface area contributed by atoms with Crippen LogP contribution in [0.25, 0.3) is 0 Å². The van der Waals surface area contributed by atoms with Crippen molar-refractivity contribution in [3.63, 3.8) is 0 Å². The third kappa shape index (κ3) is 7.04. The Morgan fingerprint density at radius 1 is 1.29 bits per heavy atom. The van der Waals surface area contributed by atoms with Gasteiger partial charge in [0, 0.05) is 19.4 Å². The zero-order chi connectivity index (χ0) is 25.0. The number of carbonyl (C=O) groups is 2. The number of amides is 2. The molecule has 2 rings (SSSR count). The molecular weight excluding hydrogens is 472 g/mol. The number of rotatable bonds is 12. The highest BCUT2D eigenvalue weighted by atomic mass is 32.2. The number of nitrogens with zero attached hydrogens (tertiary/aromatic N) is 4. The Hall–Kier alpha value is -2.43. The summed E-state index contributed by atoms with van der Waals surface area (Å²) in [6, 6.07) is -0.327. The summed E-state index contributed by atoms with van der Waals surface area (Å²) < 4.78 is 11.5. The summed E-state index contributed by atoms with van der Waals surface area (Å²) in [6.45, 7) is 8.47. The molecule has 0 spiro atoms. The predicted molar refractivity (Wildman–Crippen MR) is 136 cm³/mol. The van der Waals surface area contributed by atoms with Gasteiger partial charge >= 0.3 is 12.2 Å². The maximum Gasteiger partial charge on any atom is 0.510 e. The molecule has 0 aliphatic carbocycles. The number of hydrogen-bond donors (Lipinski definition) is 0. The number of urea groups is 1. The van der Waals surface area contributed by atoms with Crippen molar-refractivity contribution in [3.05, 3.63) is 0 Å². The lowest BCUT2D eigenvalue weighted by atomic mass is 9.87. The van der Waals surface area contributed by atoms with Gasteiger partial charge in [0.15, 0.2) is 10.6 Å². The van der Waals surface area contributed by atoms with Crippen molar-refractivity contribution in [1.82, 2.24) is 15.1 Å². The number of terminal acetylenes is 1. The first-order valence-corrected chi connectivity index (χ1v) is 13.5. The third-order valence-corrected chi connectivity index (χ3v) is 7.32. The van der Waals surface area contributed by atoms with Crippen molar-refractivity contribution in [1.29, 1.82) is 0 Å². The van der Waals surface area contributed by atoms with Crippen molar-refractivity contribution in [2.75, 3.05) is 23.8 Å². The van der Waals surface area contributed by atoms with Gasteiger partial charge in [0.2, 0.25) is 5.13 Å². The van der Waals surface area contributed by atoms with Gasteiger partial charge in [0.05, 0.1) is 6.61 Å². The third-order valence-electron chi connectivity index (χ3n) is 5.38. The second-order valence-electron chi connectivity index (χ2n) is 7.75. The second kappa shape index (κ2) is 14.1. The molecule has 0 saturated carbocycles. The van der Waals surface area contributed by atoms with Crippen molar-refractivity contribution >= 4 is 40.4 Å². The monoisotopic (exact) mass is 506 g/mol. The van der Waals surface area contributed by atoms with E-state index in [1.807, 2.05) is 6.92 Å². The molecule has 0 radical (unpaired) electrons. The summed E-state index contributed by atoms with van der Waals surface area (Å²) in [5.41, 5.74) is -0.698. The van der Waals surface area contributed by atoms with E-state index < -0.39 is 17.9 Å². The van der Waals surface area contributed by atoms with E-state index in [9.17, 15) is 9.59 Å². The Morgan fingerprint density at radius 3 is 2.65 bits per heavy atom. The van der Waals surface area contributed by atoms with E-state index in [0.717, 1.165) is 22.9 Å². The number of aromatic nitrogens is 2. The lowest BCUT2D eigenvalue weighted by molar-refractivity contribution is 0.00522. The first-order chi connectivity index (χ1) is 16.5. The van der Waals surface area contributed by atoms with E-state index in [-0.39, 0.29) is 12.6 Å².